The number of hydrogen-bond acceptors (Lipinski definition) is 8. The van der Waals surface area contributed by atoms with Gasteiger partial charge in [0.1, 0.15) is 0 Å². The average molecular weight is 523 g/mol. The molecule has 2 N–H and O–H groups in total. The molecule has 1 aliphatic heterocycles. The third kappa shape index (κ3) is 4.91. The second-order valence-corrected chi connectivity index (χ2v) is 8.44. The number of fused-ring (bicyclic) bond motifs is 1. The molecule has 4 rings (SSSR count). The van der Waals surface area contributed by atoms with Crippen LogP contribution in [0.4, 0.5) is 11.8 Å². The Morgan fingerprint density at radius 3 is 2.74 bits per heavy atom. The number of aliphatic hydroxyl groups excluding tert-OH is 1. The Morgan fingerprint density at radius 1 is 1.26 bits per heavy atom. The van der Waals surface area contributed by atoms with Crippen LogP contribution in [0.15, 0.2) is 42.9 Å². The number of benzene rings is 1. The average Bonchev–Trinajstić information content (AvgIpc) is 3.22. The van der Waals surface area contributed by atoms with Gasteiger partial charge in [0.25, 0.3) is 0 Å². The van der Waals surface area contributed by atoms with Crippen molar-refractivity contribution >= 4 is 55.8 Å². The molecule has 1 saturated heterocycles. The molecule has 1 radical (unpaired) electrons. The van der Waals surface area contributed by atoms with Gasteiger partial charge < -0.3 is 0 Å². The summed E-state index contributed by atoms with van der Waals surface area (Å²) in [6.07, 6.45) is 3.58. The number of nitrogens with one attached hydrogen (secondary N) is 1. The molecule has 9 nitrogen and oxygen atoms in total. The summed E-state index contributed by atoms with van der Waals surface area (Å²) in [6, 6.07) is 10.1. The van der Waals surface area contributed by atoms with Gasteiger partial charge in [-0.1, -0.05) is 0 Å². The maximum atomic E-state index is 9.42. The molecule has 0 bridgehead atoms. The fourth-order valence-corrected chi connectivity index (χ4v) is 4.14. The number of rotatable bonds is 8. The third-order valence-electron chi connectivity index (χ3n) is 5.01. The van der Waals surface area contributed by atoms with E-state index in [1.807, 2.05) is 41.1 Å². The van der Waals surface area contributed by atoms with Crippen molar-refractivity contribution in [3.05, 3.63) is 48.4 Å². The molecular formula is C21H24InN6O3. The van der Waals surface area contributed by atoms with Crippen molar-refractivity contribution in [2.45, 2.75) is 6.54 Å². The van der Waals surface area contributed by atoms with Gasteiger partial charge in [-0.05, 0) is 0 Å². The Morgan fingerprint density at radius 2 is 2.03 bits per heavy atom. The van der Waals surface area contributed by atoms with E-state index in [2.05, 4.69) is 20.2 Å². The molecule has 159 valence electrons. The van der Waals surface area contributed by atoms with E-state index >= 15 is 0 Å². The van der Waals surface area contributed by atoms with Crippen molar-refractivity contribution in [1.82, 2.24) is 19.5 Å². The molecular weight excluding hydrogens is 499 g/mol. The zero-order valence-corrected chi connectivity index (χ0v) is 20.7. The number of aliphatic hydroxyl groups is 1. The molecule has 2 aromatic heterocycles. The Kier molecular flexibility index (Phi) is 7.21. The van der Waals surface area contributed by atoms with Crippen LogP contribution in [0.3, 0.4) is 0 Å². The van der Waals surface area contributed by atoms with Crippen molar-refractivity contribution < 1.29 is 14.6 Å². The molecule has 10 heteroatoms. The predicted molar refractivity (Wildman–Crippen MR) is 121 cm³/mol. The molecule has 0 atom stereocenters. The Balaban J connectivity index is 1.74. The quantitative estimate of drug-likeness (QED) is 0.453. The topological polar surface area (TPSA) is 97.6 Å². The van der Waals surface area contributed by atoms with Crippen LogP contribution in [0.1, 0.15) is 5.56 Å². The van der Waals surface area contributed by atoms with Gasteiger partial charge in [-0.2, -0.15) is 0 Å². The molecule has 3 heterocycles. The normalized spacial score (nSPS) is 14.6. The Bertz CT molecular complexity index is 1080. The van der Waals surface area contributed by atoms with Crippen molar-refractivity contribution in [2.24, 2.45) is 0 Å². The zero-order chi connectivity index (χ0) is 21.6. The van der Waals surface area contributed by atoms with E-state index in [0.717, 1.165) is 62.9 Å². The van der Waals surface area contributed by atoms with Crippen LogP contribution in [-0.4, -0.2) is 92.0 Å². The molecule has 31 heavy (non-hydrogen) atoms. The summed E-state index contributed by atoms with van der Waals surface area (Å²) in [4.78, 5) is 16.1. The molecule has 0 saturated carbocycles. The molecule has 0 unspecified atom stereocenters. The Hall–Kier alpha value is -2.43. The number of ether oxygens (including phenoxy) is 2. The third-order valence-corrected chi connectivity index (χ3v) is 6.57. The monoisotopic (exact) mass is 523 g/mol. The van der Waals surface area contributed by atoms with E-state index in [1.54, 1.807) is 13.4 Å². The van der Waals surface area contributed by atoms with Crippen LogP contribution < -0.4 is 10.2 Å². The summed E-state index contributed by atoms with van der Waals surface area (Å²) < 4.78 is 13.8. The van der Waals surface area contributed by atoms with Crippen molar-refractivity contribution in [1.29, 1.82) is 0 Å². The number of methoxy groups -OCH3 is 1. The number of nitrogens with zero attached hydrogens (tertiary/aromatic N) is 5. The van der Waals surface area contributed by atoms with Crippen LogP contribution in [-0.2, 0) is 16.0 Å². The van der Waals surface area contributed by atoms with Gasteiger partial charge in [-0.3, -0.25) is 0 Å². The van der Waals surface area contributed by atoms with E-state index in [1.165, 1.54) is 0 Å². The molecule has 0 spiro atoms. The van der Waals surface area contributed by atoms with Crippen LogP contribution in [0.5, 0.6) is 0 Å². The summed E-state index contributed by atoms with van der Waals surface area (Å²) >= 11 is 0.834. The first-order chi connectivity index (χ1) is 15.2. The number of aromatic nitrogens is 4. The fraction of sp³-hybridized carbons (Fsp3) is 0.333. The minimum absolute atomic E-state index is 0.00942. The standard InChI is InChI=1S/C21H24N6O3.In/c1-29-14-17(16-5-3-2-4-6-16)13-22-21-24-19(26-8-11-30-12-9-26)18-20(25-21)27(7-10-28)15-23-18;/h2-6,13,15,28H,7-12H2,1H3,(H,22,24,25);/b17-13+;. The number of anilines is 2. The Labute approximate surface area is 194 Å². The molecule has 1 aliphatic rings. The van der Waals surface area contributed by atoms with Gasteiger partial charge in [-0.15, -0.1) is 0 Å². The van der Waals surface area contributed by atoms with Crippen LogP contribution >= 0.6 is 0 Å². The second kappa shape index (κ2) is 10.3. The molecule has 1 aromatic carbocycles. The summed E-state index contributed by atoms with van der Waals surface area (Å²) in [6.45, 7) is 3.21. The summed E-state index contributed by atoms with van der Waals surface area (Å²) in [5.74, 6) is 1.23. The van der Waals surface area contributed by atoms with E-state index in [4.69, 9.17) is 14.5 Å². The first kappa shape index (κ1) is 21.8. The van der Waals surface area contributed by atoms with E-state index in [9.17, 15) is 5.11 Å². The first-order valence-corrected chi connectivity index (χ1v) is 11.7. The molecule has 0 aliphatic carbocycles. The second-order valence-electron chi connectivity index (χ2n) is 6.94. The van der Waals surface area contributed by atoms with Gasteiger partial charge >= 0.3 is 195 Å². The number of morpholine rings is 1. The van der Waals surface area contributed by atoms with Gasteiger partial charge in [0.05, 0.1) is 0 Å². The van der Waals surface area contributed by atoms with Crippen molar-refractivity contribution in [3.8, 4) is 0 Å². The molecule has 1 fully saturated rings. The fourth-order valence-electron chi connectivity index (χ4n) is 3.42. The van der Waals surface area contributed by atoms with Crippen LogP contribution in [0.2, 0.25) is 0 Å². The van der Waals surface area contributed by atoms with Crippen molar-refractivity contribution in [3.63, 3.8) is 0 Å². The summed E-state index contributed by atoms with van der Waals surface area (Å²) in [5, 5.41) is 12.7. The summed E-state index contributed by atoms with van der Waals surface area (Å²) in [7, 11) is 1.68. The van der Waals surface area contributed by atoms with Crippen LogP contribution in [0.25, 0.3) is 16.7 Å². The maximum absolute atomic E-state index is 9.42. The van der Waals surface area contributed by atoms with E-state index in [0.29, 0.717) is 31.4 Å². The van der Waals surface area contributed by atoms with E-state index in [-0.39, 0.29) is 6.61 Å². The summed E-state index contributed by atoms with van der Waals surface area (Å²) in [5.41, 5.74) is 3.42. The first-order valence-electron chi connectivity index (χ1n) is 10.1. The molecule has 3 aromatic rings. The SMILES string of the molecule is CO[C](=[In])/C(=C\Nc1nc(N2CCOCC2)c2ncn(CCO)c2n1)c1ccccc1. The molecule has 0 amide bonds. The van der Waals surface area contributed by atoms with Gasteiger partial charge in [0.15, 0.2) is 0 Å². The van der Waals surface area contributed by atoms with Crippen molar-refractivity contribution in [2.75, 3.05) is 50.2 Å². The number of imidazole rings is 1. The van der Waals surface area contributed by atoms with E-state index < -0.39 is 0 Å². The zero-order valence-electron chi connectivity index (χ0n) is 17.4. The number of hydrogen-bond donors (Lipinski definition) is 2. The van der Waals surface area contributed by atoms with Crippen LogP contribution in [0, 0.1) is 0 Å². The minimum atomic E-state index is 0.00942. The van der Waals surface area contributed by atoms with Gasteiger partial charge in [0.2, 0.25) is 0 Å². The van der Waals surface area contributed by atoms with Gasteiger partial charge in [-0.25, -0.2) is 0 Å². The van der Waals surface area contributed by atoms with Gasteiger partial charge in [0, 0.05) is 0 Å². The predicted octanol–water partition coefficient (Wildman–Crippen LogP) is 1.05.